The number of benzene rings is 3. The van der Waals surface area contributed by atoms with Crippen LogP contribution in [0.3, 0.4) is 0 Å². The van der Waals surface area contributed by atoms with Crippen LogP contribution in [0, 0.1) is 0 Å². The first-order valence-corrected chi connectivity index (χ1v) is 11.0. The van der Waals surface area contributed by atoms with Gasteiger partial charge in [-0.1, -0.05) is 42.1 Å². The molecule has 3 aromatic rings. The van der Waals surface area contributed by atoms with Crippen molar-refractivity contribution in [1.29, 1.82) is 0 Å². The lowest BCUT2D eigenvalue weighted by molar-refractivity contribution is -0.117. The average molecular weight is 447 g/mol. The van der Waals surface area contributed by atoms with Gasteiger partial charge in [0.15, 0.2) is 0 Å². The largest absolute Gasteiger partial charge is 0.465 e. The van der Waals surface area contributed by atoms with E-state index >= 15 is 0 Å². The summed E-state index contributed by atoms with van der Waals surface area (Å²) in [5.41, 5.74) is 2.11. The number of carbonyl (C=O) groups excluding carboxylic acids is 3. The third kappa shape index (κ3) is 4.11. The molecule has 0 aromatic heterocycles. The maximum absolute atomic E-state index is 13.6. The second-order valence-corrected chi connectivity index (χ2v) is 8.22. The summed E-state index contributed by atoms with van der Waals surface area (Å²) in [4.78, 5) is 43.7. The van der Waals surface area contributed by atoms with Crippen LogP contribution in [0.5, 0.6) is 0 Å². The number of para-hydroxylation sites is 1. The van der Waals surface area contributed by atoms with Crippen molar-refractivity contribution < 1.29 is 19.1 Å². The van der Waals surface area contributed by atoms with E-state index in [1.54, 1.807) is 35.2 Å². The summed E-state index contributed by atoms with van der Waals surface area (Å²) in [6.07, 6.45) is 0. The lowest BCUT2D eigenvalue weighted by Gasteiger charge is -2.27. The van der Waals surface area contributed by atoms with Gasteiger partial charge in [0.1, 0.15) is 6.54 Å². The Labute approximate surface area is 190 Å². The number of hydrogen-bond acceptors (Lipinski definition) is 5. The van der Waals surface area contributed by atoms with Crippen molar-refractivity contribution in [2.24, 2.45) is 0 Å². The number of methoxy groups -OCH3 is 1. The number of rotatable bonds is 5. The number of amides is 2. The molecule has 0 spiro atoms. The summed E-state index contributed by atoms with van der Waals surface area (Å²) in [5.74, 6) is -1.00. The molecule has 7 heteroatoms. The van der Waals surface area contributed by atoms with Crippen LogP contribution in [0.15, 0.2) is 82.6 Å². The molecule has 0 radical (unpaired) electrons. The van der Waals surface area contributed by atoms with E-state index in [0.29, 0.717) is 23.4 Å². The standard InChI is InChI=1S/C25H22N2O4S/c1-3-26(18-9-5-4-6-10-18)23(28)16-27-20-15-17(25(30)31-2)13-14-22(20)32-21-12-8-7-11-19(21)24(27)29/h4-15H,3,16H2,1-2H3. The molecule has 32 heavy (non-hydrogen) atoms. The molecule has 3 aromatic carbocycles. The summed E-state index contributed by atoms with van der Waals surface area (Å²) < 4.78 is 4.85. The lowest BCUT2D eigenvalue weighted by Crippen LogP contribution is -2.43. The fourth-order valence-electron chi connectivity index (χ4n) is 3.65. The van der Waals surface area contributed by atoms with Gasteiger partial charge in [-0.2, -0.15) is 0 Å². The Morgan fingerprint density at radius 2 is 1.69 bits per heavy atom. The fraction of sp³-hybridized carbons (Fsp3) is 0.160. The van der Waals surface area contributed by atoms with Gasteiger partial charge in [-0.15, -0.1) is 0 Å². The van der Waals surface area contributed by atoms with Crippen molar-refractivity contribution in [1.82, 2.24) is 0 Å². The van der Waals surface area contributed by atoms with Crippen LogP contribution in [0.2, 0.25) is 0 Å². The minimum absolute atomic E-state index is 0.159. The molecule has 162 valence electrons. The summed E-state index contributed by atoms with van der Waals surface area (Å²) in [7, 11) is 1.31. The van der Waals surface area contributed by atoms with Gasteiger partial charge < -0.3 is 9.64 Å². The molecule has 1 aliphatic rings. The number of ether oxygens (including phenoxy) is 1. The van der Waals surface area contributed by atoms with E-state index < -0.39 is 5.97 Å². The van der Waals surface area contributed by atoms with Crippen LogP contribution in [-0.2, 0) is 9.53 Å². The van der Waals surface area contributed by atoms with E-state index in [1.807, 2.05) is 49.4 Å². The summed E-state index contributed by atoms with van der Waals surface area (Å²) in [5, 5.41) is 0. The third-order valence-corrected chi connectivity index (χ3v) is 6.37. The molecular formula is C25H22N2O4S. The molecule has 0 N–H and O–H groups in total. The van der Waals surface area contributed by atoms with Gasteiger partial charge in [0.2, 0.25) is 5.91 Å². The maximum Gasteiger partial charge on any atom is 0.337 e. The highest BCUT2D eigenvalue weighted by atomic mass is 32.2. The van der Waals surface area contributed by atoms with Gasteiger partial charge >= 0.3 is 5.97 Å². The normalized spacial score (nSPS) is 12.4. The predicted octanol–water partition coefficient (Wildman–Crippen LogP) is 4.64. The quantitative estimate of drug-likeness (QED) is 0.534. The number of carbonyl (C=O) groups is 3. The van der Waals surface area contributed by atoms with Crippen molar-refractivity contribution in [3.05, 3.63) is 83.9 Å². The first kappa shape index (κ1) is 21.6. The van der Waals surface area contributed by atoms with Gasteiger partial charge in [-0.25, -0.2) is 4.79 Å². The Kier molecular flexibility index (Phi) is 6.28. The molecule has 1 heterocycles. The van der Waals surface area contributed by atoms with Crippen LogP contribution in [0.1, 0.15) is 27.6 Å². The van der Waals surface area contributed by atoms with Crippen LogP contribution >= 0.6 is 11.8 Å². The Bertz CT molecular complexity index is 1180. The van der Waals surface area contributed by atoms with Crippen molar-refractivity contribution >= 4 is 40.9 Å². The smallest absolute Gasteiger partial charge is 0.337 e. The zero-order chi connectivity index (χ0) is 22.7. The zero-order valence-electron chi connectivity index (χ0n) is 17.8. The van der Waals surface area contributed by atoms with Gasteiger partial charge in [0.25, 0.3) is 5.91 Å². The van der Waals surface area contributed by atoms with Crippen molar-refractivity contribution in [2.75, 3.05) is 30.0 Å². The molecule has 4 rings (SSSR count). The molecule has 0 saturated heterocycles. The topological polar surface area (TPSA) is 66.9 Å². The highest BCUT2D eigenvalue weighted by molar-refractivity contribution is 7.99. The molecule has 2 amide bonds. The van der Waals surface area contributed by atoms with Crippen molar-refractivity contribution in [3.63, 3.8) is 0 Å². The molecule has 0 fully saturated rings. The van der Waals surface area contributed by atoms with Crippen LogP contribution in [0.25, 0.3) is 0 Å². The van der Waals surface area contributed by atoms with Crippen molar-refractivity contribution in [2.45, 2.75) is 16.7 Å². The monoisotopic (exact) mass is 446 g/mol. The fourth-order valence-corrected chi connectivity index (χ4v) is 4.71. The van der Waals surface area contributed by atoms with Gasteiger partial charge in [-0.05, 0) is 49.4 Å². The molecule has 0 bridgehead atoms. The number of fused-ring (bicyclic) bond motifs is 2. The highest BCUT2D eigenvalue weighted by Crippen LogP contribution is 2.41. The maximum atomic E-state index is 13.6. The number of nitrogens with zero attached hydrogens (tertiary/aromatic N) is 2. The minimum atomic E-state index is -0.502. The van der Waals surface area contributed by atoms with Gasteiger partial charge in [0, 0.05) is 22.0 Å². The molecule has 0 aliphatic carbocycles. The summed E-state index contributed by atoms with van der Waals surface area (Å²) in [6.45, 7) is 2.20. The highest BCUT2D eigenvalue weighted by Gasteiger charge is 2.31. The summed E-state index contributed by atoms with van der Waals surface area (Å²) >= 11 is 1.44. The predicted molar refractivity (Wildman–Crippen MR) is 124 cm³/mol. The van der Waals surface area contributed by atoms with Crippen molar-refractivity contribution in [3.8, 4) is 0 Å². The first-order valence-electron chi connectivity index (χ1n) is 10.2. The van der Waals surface area contributed by atoms with E-state index in [9.17, 15) is 14.4 Å². The number of hydrogen-bond donors (Lipinski definition) is 0. The molecule has 0 atom stereocenters. The van der Waals surface area contributed by atoms with Crippen LogP contribution in [0.4, 0.5) is 11.4 Å². The molecule has 6 nitrogen and oxygen atoms in total. The second kappa shape index (κ2) is 9.28. The van der Waals surface area contributed by atoms with E-state index in [-0.39, 0.29) is 18.4 Å². The molecule has 0 saturated carbocycles. The number of likely N-dealkylation sites (N-methyl/N-ethyl adjacent to an activating group) is 1. The van der Waals surface area contributed by atoms with Crippen LogP contribution in [-0.4, -0.2) is 38.0 Å². The van der Waals surface area contributed by atoms with E-state index in [4.69, 9.17) is 4.74 Å². The van der Waals surface area contributed by atoms with Crippen LogP contribution < -0.4 is 9.80 Å². The molecular weight excluding hydrogens is 424 g/mol. The Morgan fingerprint density at radius 1 is 0.969 bits per heavy atom. The zero-order valence-corrected chi connectivity index (χ0v) is 18.6. The van der Waals surface area contributed by atoms with E-state index in [0.717, 1.165) is 15.5 Å². The second-order valence-electron chi connectivity index (χ2n) is 7.14. The molecule has 1 aliphatic heterocycles. The van der Waals surface area contributed by atoms with Gasteiger partial charge in [-0.3, -0.25) is 14.5 Å². The SMILES string of the molecule is CCN(C(=O)CN1C(=O)c2ccccc2Sc2ccc(C(=O)OC)cc21)c1ccccc1. The number of esters is 1. The van der Waals surface area contributed by atoms with Gasteiger partial charge in [0.05, 0.1) is 23.9 Å². The minimum Gasteiger partial charge on any atom is -0.465 e. The Balaban J connectivity index is 1.77. The summed E-state index contributed by atoms with van der Waals surface area (Å²) in [6, 6.07) is 21.7. The Hall–Kier alpha value is -3.58. The number of anilines is 2. The first-order chi connectivity index (χ1) is 15.5. The lowest BCUT2D eigenvalue weighted by atomic mass is 10.1. The average Bonchev–Trinajstić information content (AvgIpc) is 2.94. The molecule has 0 unspecified atom stereocenters. The Morgan fingerprint density at radius 3 is 2.41 bits per heavy atom. The van der Waals surface area contributed by atoms with E-state index in [1.165, 1.54) is 23.8 Å². The third-order valence-electron chi connectivity index (χ3n) is 5.23. The van der Waals surface area contributed by atoms with E-state index in [2.05, 4.69) is 0 Å².